The number of nitrogens with zero attached hydrogens (tertiary/aromatic N) is 3. The topological polar surface area (TPSA) is 63.5 Å². The van der Waals surface area contributed by atoms with E-state index in [0.717, 1.165) is 31.0 Å². The Morgan fingerprint density at radius 2 is 2.31 bits per heavy atom. The van der Waals surface area contributed by atoms with Crippen molar-refractivity contribution in [2.45, 2.75) is 51.0 Å². The molecule has 3 heterocycles. The molecule has 3 atom stereocenters. The zero-order chi connectivity index (χ0) is 17.1. The fourth-order valence-electron chi connectivity index (χ4n) is 3.68. The summed E-state index contributed by atoms with van der Waals surface area (Å²) < 4.78 is 7.93. The zero-order valence-corrected chi connectivity index (χ0v) is 17.3. The minimum absolute atomic E-state index is 0. The first-order chi connectivity index (χ1) is 12.3. The van der Waals surface area contributed by atoms with Crippen LogP contribution >= 0.6 is 24.0 Å². The molecule has 0 spiro atoms. The number of aromatic nitrogens is 2. The average Bonchev–Trinajstić information content (AvgIpc) is 3.38. The summed E-state index contributed by atoms with van der Waals surface area (Å²) in [5, 5.41) is 6.91. The number of imidazole rings is 1. The highest BCUT2D eigenvalue weighted by atomic mass is 127. The van der Waals surface area contributed by atoms with E-state index in [2.05, 4.69) is 46.8 Å². The predicted octanol–water partition coefficient (Wildman–Crippen LogP) is 2.87. The Morgan fingerprint density at radius 1 is 1.38 bits per heavy atom. The summed E-state index contributed by atoms with van der Waals surface area (Å²) in [6, 6.07) is 8.77. The summed E-state index contributed by atoms with van der Waals surface area (Å²) in [6.45, 7) is 3.58. The Balaban J connectivity index is 0.00000196. The maximum atomic E-state index is 5.93. The van der Waals surface area contributed by atoms with Crippen LogP contribution in [-0.4, -0.2) is 40.3 Å². The molecule has 0 radical (unpaired) electrons. The molecule has 1 aromatic carbocycles. The molecule has 2 aliphatic rings. The maximum Gasteiger partial charge on any atom is 0.191 e. The number of guanidine groups is 1. The van der Waals surface area contributed by atoms with Gasteiger partial charge in [-0.15, -0.1) is 24.0 Å². The summed E-state index contributed by atoms with van der Waals surface area (Å²) in [5.41, 5.74) is 2.28. The van der Waals surface area contributed by atoms with E-state index in [1.807, 2.05) is 17.1 Å². The standard InChI is InChI=1S/C19H25N5O.HI/c1-2-21-19(23-17-11-16-6-7-18(17)25-16)22-12-14-4-3-5-15(10-14)24-9-8-20-13-24;/h3-5,8-10,13,16-18H,2,6-7,11-12H2,1H3,(H2,21,22,23);1H. The van der Waals surface area contributed by atoms with Gasteiger partial charge in [-0.25, -0.2) is 9.98 Å². The summed E-state index contributed by atoms with van der Waals surface area (Å²) in [6.07, 6.45) is 9.79. The van der Waals surface area contributed by atoms with Crippen molar-refractivity contribution in [1.82, 2.24) is 20.2 Å². The normalized spacial score (nSPS) is 24.3. The third-order valence-electron chi connectivity index (χ3n) is 4.91. The number of hydrogen-bond acceptors (Lipinski definition) is 3. The van der Waals surface area contributed by atoms with Gasteiger partial charge in [-0.1, -0.05) is 12.1 Å². The molecule has 2 fully saturated rings. The Hall–Kier alpha value is -1.61. The van der Waals surface area contributed by atoms with Crippen LogP contribution in [0.15, 0.2) is 48.0 Å². The minimum atomic E-state index is 0. The van der Waals surface area contributed by atoms with E-state index in [1.165, 1.54) is 12.0 Å². The van der Waals surface area contributed by atoms with Gasteiger partial charge in [0.05, 0.1) is 31.1 Å². The minimum Gasteiger partial charge on any atom is -0.373 e. The molecule has 2 aromatic rings. The van der Waals surface area contributed by atoms with Crippen molar-refractivity contribution in [1.29, 1.82) is 0 Å². The molecule has 0 amide bonds. The third-order valence-corrected chi connectivity index (χ3v) is 4.91. The van der Waals surface area contributed by atoms with Crippen LogP contribution in [0.4, 0.5) is 0 Å². The lowest BCUT2D eigenvalue weighted by Gasteiger charge is -2.22. The van der Waals surface area contributed by atoms with Gasteiger partial charge in [0, 0.05) is 24.6 Å². The lowest BCUT2D eigenvalue weighted by Crippen LogP contribution is -2.47. The summed E-state index contributed by atoms with van der Waals surface area (Å²) >= 11 is 0. The monoisotopic (exact) mass is 467 g/mol. The SMILES string of the molecule is CCNC(=NCc1cccc(-n2ccnc2)c1)NC1CC2CCC1O2.I. The van der Waals surface area contributed by atoms with Crippen LogP contribution in [0.1, 0.15) is 31.7 Å². The molecule has 2 bridgehead atoms. The quantitative estimate of drug-likeness (QED) is 0.404. The van der Waals surface area contributed by atoms with E-state index in [-0.39, 0.29) is 24.0 Å². The maximum absolute atomic E-state index is 5.93. The van der Waals surface area contributed by atoms with Crippen molar-refractivity contribution in [3.05, 3.63) is 48.5 Å². The molecule has 2 N–H and O–H groups in total. The molecule has 2 saturated heterocycles. The van der Waals surface area contributed by atoms with Crippen LogP contribution in [0.3, 0.4) is 0 Å². The Labute approximate surface area is 171 Å². The van der Waals surface area contributed by atoms with Crippen LogP contribution in [0.5, 0.6) is 0 Å². The van der Waals surface area contributed by atoms with E-state index < -0.39 is 0 Å². The molecule has 0 saturated carbocycles. The molecule has 7 heteroatoms. The van der Waals surface area contributed by atoms with Crippen LogP contribution in [0.2, 0.25) is 0 Å². The average molecular weight is 467 g/mol. The lowest BCUT2D eigenvalue weighted by molar-refractivity contribution is 0.0992. The van der Waals surface area contributed by atoms with Crippen molar-refractivity contribution >= 4 is 29.9 Å². The second-order valence-corrected chi connectivity index (χ2v) is 6.70. The van der Waals surface area contributed by atoms with Gasteiger partial charge in [0.1, 0.15) is 0 Å². The van der Waals surface area contributed by atoms with Crippen LogP contribution in [-0.2, 0) is 11.3 Å². The van der Waals surface area contributed by atoms with Crippen molar-refractivity contribution in [3.63, 3.8) is 0 Å². The van der Waals surface area contributed by atoms with Gasteiger partial charge < -0.3 is 19.9 Å². The van der Waals surface area contributed by atoms with Crippen LogP contribution in [0, 0.1) is 0 Å². The van der Waals surface area contributed by atoms with Gasteiger partial charge >= 0.3 is 0 Å². The number of ether oxygens (including phenoxy) is 1. The molecule has 2 aliphatic heterocycles. The molecule has 3 unspecified atom stereocenters. The van der Waals surface area contributed by atoms with Crippen molar-refractivity contribution in [2.75, 3.05) is 6.54 Å². The summed E-state index contributed by atoms with van der Waals surface area (Å²) in [5.74, 6) is 0.872. The number of fused-ring (bicyclic) bond motifs is 2. The van der Waals surface area contributed by atoms with Gasteiger partial charge in [0.25, 0.3) is 0 Å². The molecule has 1 aromatic heterocycles. The lowest BCUT2D eigenvalue weighted by atomic mass is 9.96. The smallest absolute Gasteiger partial charge is 0.191 e. The Morgan fingerprint density at radius 3 is 3.00 bits per heavy atom. The van der Waals surface area contributed by atoms with Crippen LogP contribution < -0.4 is 10.6 Å². The molecule has 26 heavy (non-hydrogen) atoms. The number of nitrogens with one attached hydrogen (secondary N) is 2. The third kappa shape index (κ3) is 4.37. The number of rotatable bonds is 5. The molecular formula is C19H26IN5O. The molecule has 4 rings (SSSR count). The number of halogens is 1. The first kappa shape index (κ1) is 19.2. The molecule has 140 valence electrons. The highest BCUT2D eigenvalue weighted by Gasteiger charge is 2.41. The van der Waals surface area contributed by atoms with Crippen molar-refractivity contribution in [3.8, 4) is 5.69 Å². The zero-order valence-electron chi connectivity index (χ0n) is 15.0. The first-order valence-electron chi connectivity index (χ1n) is 9.09. The Bertz CT molecular complexity index is 733. The summed E-state index contributed by atoms with van der Waals surface area (Å²) in [4.78, 5) is 8.87. The van der Waals surface area contributed by atoms with Gasteiger partial charge in [-0.2, -0.15) is 0 Å². The van der Waals surface area contributed by atoms with E-state index in [9.17, 15) is 0 Å². The van der Waals surface area contributed by atoms with Gasteiger partial charge in [0.2, 0.25) is 0 Å². The molecule has 6 nitrogen and oxygen atoms in total. The Kier molecular flexibility index (Phi) is 6.53. The highest BCUT2D eigenvalue weighted by molar-refractivity contribution is 14.0. The largest absolute Gasteiger partial charge is 0.373 e. The number of benzene rings is 1. The second-order valence-electron chi connectivity index (χ2n) is 6.70. The summed E-state index contributed by atoms with van der Waals surface area (Å²) in [7, 11) is 0. The van der Waals surface area contributed by atoms with E-state index in [1.54, 1.807) is 6.20 Å². The molecular weight excluding hydrogens is 441 g/mol. The fourth-order valence-corrected chi connectivity index (χ4v) is 3.68. The molecule has 0 aliphatic carbocycles. The van der Waals surface area contributed by atoms with Gasteiger partial charge in [-0.05, 0) is 43.9 Å². The number of hydrogen-bond donors (Lipinski definition) is 2. The van der Waals surface area contributed by atoms with Crippen molar-refractivity contribution in [2.24, 2.45) is 4.99 Å². The van der Waals surface area contributed by atoms with Gasteiger partial charge in [0.15, 0.2) is 5.96 Å². The van der Waals surface area contributed by atoms with Crippen molar-refractivity contribution < 1.29 is 4.74 Å². The highest BCUT2D eigenvalue weighted by Crippen LogP contribution is 2.34. The van der Waals surface area contributed by atoms with Gasteiger partial charge in [-0.3, -0.25) is 0 Å². The first-order valence-corrected chi connectivity index (χ1v) is 9.09. The fraction of sp³-hybridized carbons (Fsp3) is 0.474. The van der Waals surface area contributed by atoms with E-state index >= 15 is 0 Å². The second kappa shape index (κ2) is 8.85. The number of aliphatic imine (C=N–C) groups is 1. The van der Waals surface area contributed by atoms with Crippen LogP contribution in [0.25, 0.3) is 5.69 Å². The predicted molar refractivity (Wildman–Crippen MR) is 113 cm³/mol. The van der Waals surface area contributed by atoms with E-state index in [4.69, 9.17) is 9.73 Å². The van der Waals surface area contributed by atoms with E-state index in [0.29, 0.717) is 24.8 Å².